The van der Waals surface area contributed by atoms with Crippen LogP contribution in [0.2, 0.25) is 0 Å². The fourth-order valence-corrected chi connectivity index (χ4v) is 2.62. The van der Waals surface area contributed by atoms with E-state index in [-0.39, 0.29) is 30.2 Å². The SMILES string of the molecule is CCNC(C)c1c(F)cccc1N1CC(=O)NC(=O)C1C. The lowest BCUT2D eigenvalue weighted by atomic mass is 10.0. The average molecular weight is 293 g/mol. The molecular formula is C15H20FN3O2. The molecule has 1 aromatic carbocycles. The Kier molecular flexibility index (Phi) is 4.57. The quantitative estimate of drug-likeness (QED) is 0.823. The Balaban J connectivity index is 2.45. The topological polar surface area (TPSA) is 61.4 Å². The van der Waals surface area contributed by atoms with Crippen molar-refractivity contribution >= 4 is 17.5 Å². The van der Waals surface area contributed by atoms with Gasteiger partial charge in [0.05, 0.1) is 6.54 Å². The summed E-state index contributed by atoms with van der Waals surface area (Å²) in [7, 11) is 0. The van der Waals surface area contributed by atoms with Crippen LogP contribution in [0.4, 0.5) is 10.1 Å². The van der Waals surface area contributed by atoms with Crippen molar-refractivity contribution < 1.29 is 14.0 Å². The third kappa shape index (κ3) is 3.05. The zero-order valence-electron chi connectivity index (χ0n) is 12.4. The monoisotopic (exact) mass is 293 g/mol. The van der Waals surface area contributed by atoms with E-state index >= 15 is 0 Å². The van der Waals surface area contributed by atoms with Crippen molar-refractivity contribution in [2.75, 3.05) is 18.0 Å². The number of piperazine rings is 1. The minimum Gasteiger partial charge on any atom is -0.350 e. The fraction of sp³-hybridized carbons (Fsp3) is 0.467. The van der Waals surface area contributed by atoms with E-state index in [1.165, 1.54) is 6.07 Å². The number of imide groups is 1. The molecule has 2 unspecified atom stereocenters. The van der Waals surface area contributed by atoms with Gasteiger partial charge in [-0.05, 0) is 32.5 Å². The highest BCUT2D eigenvalue weighted by molar-refractivity contribution is 6.04. The van der Waals surface area contributed by atoms with E-state index in [2.05, 4.69) is 10.6 Å². The van der Waals surface area contributed by atoms with Gasteiger partial charge in [0, 0.05) is 17.3 Å². The summed E-state index contributed by atoms with van der Waals surface area (Å²) >= 11 is 0. The van der Waals surface area contributed by atoms with Crippen molar-refractivity contribution in [1.82, 2.24) is 10.6 Å². The Labute approximate surface area is 123 Å². The molecule has 2 N–H and O–H groups in total. The second-order valence-electron chi connectivity index (χ2n) is 5.17. The molecule has 1 aliphatic rings. The zero-order valence-corrected chi connectivity index (χ0v) is 12.4. The fourth-order valence-electron chi connectivity index (χ4n) is 2.62. The van der Waals surface area contributed by atoms with Gasteiger partial charge in [0.15, 0.2) is 0 Å². The van der Waals surface area contributed by atoms with E-state index in [1.807, 2.05) is 13.8 Å². The Hall–Kier alpha value is -1.95. The van der Waals surface area contributed by atoms with Crippen LogP contribution in [0.5, 0.6) is 0 Å². The summed E-state index contributed by atoms with van der Waals surface area (Å²) in [6, 6.07) is 4.00. The largest absolute Gasteiger partial charge is 0.350 e. The smallest absolute Gasteiger partial charge is 0.249 e. The molecule has 1 saturated heterocycles. The van der Waals surface area contributed by atoms with Gasteiger partial charge in [0.25, 0.3) is 0 Å². The number of benzene rings is 1. The van der Waals surface area contributed by atoms with Gasteiger partial charge >= 0.3 is 0 Å². The molecule has 1 aliphatic heterocycles. The number of hydrogen-bond donors (Lipinski definition) is 2. The van der Waals surface area contributed by atoms with Crippen molar-refractivity contribution in [2.45, 2.75) is 32.9 Å². The number of hydrogen-bond acceptors (Lipinski definition) is 4. The predicted octanol–water partition coefficient (Wildman–Crippen LogP) is 1.35. The highest BCUT2D eigenvalue weighted by atomic mass is 19.1. The van der Waals surface area contributed by atoms with Gasteiger partial charge in [-0.3, -0.25) is 14.9 Å². The average Bonchev–Trinajstić information content (AvgIpc) is 2.42. The van der Waals surface area contributed by atoms with Crippen LogP contribution >= 0.6 is 0 Å². The molecule has 1 fully saturated rings. The molecule has 1 heterocycles. The second-order valence-corrected chi connectivity index (χ2v) is 5.17. The molecule has 6 heteroatoms. The van der Waals surface area contributed by atoms with Gasteiger partial charge in [-0.25, -0.2) is 4.39 Å². The zero-order chi connectivity index (χ0) is 15.6. The first kappa shape index (κ1) is 15.4. The van der Waals surface area contributed by atoms with Crippen LogP contribution in [0.1, 0.15) is 32.4 Å². The molecule has 0 radical (unpaired) electrons. The lowest BCUT2D eigenvalue weighted by Crippen LogP contribution is -2.57. The Morgan fingerprint density at radius 1 is 1.48 bits per heavy atom. The number of nitrogens with zero attached hydrogens (tertiary/aromatic N) is 1. The Bertz CT molecular complexity index is 562. The number of nitrogens with one attached hydrogen (secondary N) is 2. The minimum atomic E-state index is -0.517. The van der Waals surface area contributed by atoms with Crippen LogP contribution < -0.4 is 15.5 Å². The van der Waals surface area contributed by atoms with Crippen molar-refractivity contribution in [3.05, 3.63) is 29.6 Å². The van der Waals surface area contributed by atoms with Gasteiger partial charge < -0.3 is 10.2 Å². The maximum atomic E-state index is 14.2. The Morgan fingerprint density at radius 2 is 2.19 bits per heavy atom. The molecule has 5 nitrogen and oxygen atoms in total. The summed E-state index contributed by atoms with van der Waals surface area (Å²) < 4.78 is 14.2. The molecular weight excluding hydrogens is 273 g/mol. The molecule has 2 amide bonds. The van der Waals surface area contributed by atoms with Crippen LogP contribution in [0.15, 0.2) is 18.2 Å². The molecule has 21 heavy (non-hydrogen) atoms. The van der Waals surface area contributed by atoms with Crippen LogP contribution in [0.25, 0.3) is 0 Å². The molecule has 1 aromatic rings. The normalized spacial score (nSPS) is 20.4. The van der Waals surface area contributed by atoms with E-state index in [4.69, 9.17) is 0 Å². The summed E-state index contributed by atoms with van der Waals surface area (Å²) in [5, 5.41) is 5.46. The molecule has 0 aromatic heterocycles. The predicted molar refractivity (Wildman–Crippen MR) is 78.4 cm³/mol. The van der Waals surface area contributed by atoms with Crippen LogP contribution in [-0.4, -0.2) is 30.9 Å². The lowest BCUT2D eigenvalue weighted by Gasteiger charge is -2.35. The third-order valence-corrected chi connectivity index (χ3v) is 3.71. The van der Waals surface area contributed by atoms with E-state index in [0.29, 0.717) is 17.8 Å². The summed E-state index contributed by atoms with van der Waals surface area (Å²) in [6.07, 6.45) is 0. The molecule has 2 rings (SSSR count). The van der Waals surface area contributed by atoms with Crippen LogP contribution in [-0.2, 0) is 9.59 Å². The maximum absolute atomic E-state index is 14.2. The molecule has 0 aliphatic carbocycles. The van der Waals surface area contributed by atoms with Crippen molar-refractivity contribution in [3.8, 4) is 0 Å². The minimum absolute atomic E-state index is 0.0439. The van der Waals surface area contributed by atoms with Gasteiger partial charge in [0.2, 0.25) is 11.8 Å². The molecule has 114 valence electrons. The van der Waals surface area contributed by atoms with Gasteiger partial charge in [-0.15, -0.1) is 0 Å². The highest BCUT2D eigenvalue weighted by Crippen LogP contribution is 2.31. The molecule has 0 bridgehead atoms. The highest BCUT2D eigenvalue weighted by Gasteiger charge is 2.32. The van der Waals surface area contributed by atoms with Crippen LogP contribution in [0, 0.1) is 5.82 Å². The van der Waals surface area contributed by atoms with Crippen molar-refractivity contribution in [2.24, 2.45) is 0 Å². The van der Waals surface area contributed by atoms with Gasteiger partial charge in [-0.2, -0.15) is 0 Å². The summed E-state index contributed by atoms with van der Waals surface area (Å²) in [5.74, 6) is -1.08. The number of amides is 2. The second kappa shape index (κ2) is 6.22. The number of anilines is 1. The van der Waals surface area contributed by atoms with Gasteiger partial charge in [-0.1, -0.05) is 13.0 Å². The van der Waals surface area contributed by atoms with Crippen molar-refractivity contribution in [1.29, 1.82) is 0 Å². The standard InChI is InChI=1S/C15H20FN3O2/c1-4-17-9(2)14-11(16)6-5-7-12(14)19-8-13(20)18-15(21)10(19)3/h5-7,9-10,17H,4,8H2,1-3H3,(H,18,20,21). The Morgan fingerprint density at radius 3 is 2.86 bits per heavy atom. The van der Waals surface area contributed by atoms with E-state index in [0.717, 1.165) is 0 Å². The summed E-state index contributed by atoms with van der Waals surface area (Å²) in [4.78, 5) is 25.1. The van der Waals surface area contributed by atoms with E-state index < -0.39 is 6.04 Å². The summed E-state index contributed by atoms with van der Waals surface area (Å²) in [6.45, 7) is 6.25. The lowest BCUT2D eigenvalue weighted by molar-refractivity contribution is -0.132. The number of carbonyl (C=O) groups is 2. The van der Waals surface area contributed by atoms with Crippen molar-refractivity contribution in [3.63, 3.8) is 0 Å². The van der Waals surface area contributed by atoms with E-state index in [9.17, 15) is 14.0 Å². The molecule has 0 spiro atoms. The number of carbonyl (C=O) groups excluding carboxylic acids is 2. The first-order valence-electron chi connectivity index (χ1n) is 7.07. The maximum Gasteiger partial charge on any atom is 0.249 e. The van der Waals surface area contributed by atoms with Crippen LogP contribution in [0.3, 0.4) is 0 Å². The first-order chi connectivity index (χ1) is 9.95. The third-order valence-electron chi connectivity index (χ3n) is 3.71. The summed E-state index contributed by atoms with van der Waals surface area (Å²) in [5.41, 5.74) is 1.06. The number of halogens is 1. The number of rotatable bonds is 4. The molecule has 0 saturated carbocycles. The van der Waals surface area contributed by atoms with E-state index in [1.54, 1.807) is 24.0 Å². The van der Waals surface area contributed by atoms with Gasteiger partial charge in [0.1, 0.15) is 11.9 Å². The molecule has 2 atom stereocenters. The first-order valence-corrected chi connectivity index (χ1v) is 7.07.